The molecule has 1 aliphatic rings. The van der Waals surface area contributed by atoms with Crippen LogP contribution in [-0.4, -0.2) is 24.4 Å². The second-order valence-electron chi connectivity index (χ2n) is 6.03. The first-order valence-corrected chi connectivity index (χ1v) is 7.91. The summed E-state index contributed by atoms with van der Waals surface area (Å²) in [5, 5.41) is 2.89. The van der Waals surface area contributed by atoms with Crippen LogP contribution in [0.25, 0.3) is 0 Å². The fraction of sp³-hybridized carbons (Fsp3) is 0.529. The van der Waals surface area contributed by atoms with Gasteiger partial charge in [-0.2, -0.15) is 0 Å². The molecule has 1 aromatic rings. The molecule has 5 nitrogen and oxygen atoms in total. The molecule has 2 amide bonds. The zero-order chi connectivity index (χ0) is 16.1. The number of hydrogen-bond donors (Lipinski definition) is 2. The van der Waals surface area contributed by atoms with E-state index in [1.54, 1.807) is 0 Å². The molecule has 0 saturated carbocycles. The van der Waals surface area contributed by atoms with E-state index in [9.17, 15) is 9.59 Å². The lowest BCUT2D eigenvalue weighted by Gasteiger charge is -2.26. The first-order chi connectivity index (χ1) is 10.5. The van der Waals surface area contributed by atoms with Gasteiger partial charge in [-0.15, -0.1) is 12.4 Å². The molecule has 0 aliphatic carbocycles. The third kappa shape index (κ3) is 5.22. The molecular formula is C17H26ClN3O2. The number of anilines is 1. The summed E-state index contributed by atoms with van der Waals surface area (Å²) >= 11 is 0. The van der Waals surface area contributed by atoms with Crippen molar-refractivity contribution in [2.24, 2.45) is 11.7 Å². The minimum absolute atomic E-state index is 0. The lowest BCUT2D eigenvalue weighted by molar-refractivity contribution is -0.125. The molecule has 3 N–H and O–H groups in total. The van der Waals surface area contributed by atoms with Crippen molar-refractivity contribution in [2.75, 3.05) is 11.4 Å². The van der Waals surface area contributed by atoms with Crippen molar-refractivity contribution in [2.45, 2.75) is 45.7 Å². The minimum Gasteiger partial charge on any atom is -0.352 e. The number of amides is 2. The maximum Gasteiger partial charge on any atom is 0.226 e. The van der Waals surface area contributed by atoms with Crippen LogP contribution in [0.4, 0.5) is 5.69 Å². The summed E-state index contributed by atoms with van der Waals surface area (Å²) in [6.07, 6.45) is 2.67. The van der Waals surface area contributed by atoms with Gasteiger partial charge in [0.15, 0.2) is 0 Å². The molecule has 23 heavy (non-hydrogen) atoms. The summed E-state index contributed by atoms with van der Waals surface area (Å²) in [5.74, 6) is -0.0476. The zero-order valence-corrected chi connectivity index (χ0v) is 14.6. The van der Waals surface area contributed by atoms with Gasteiger partial charge < -0.3 is 16.0 Å². The Bertz CT molecular complexity index is 531. The monoisotopic (exact) mass is 339 g/mol. The number of rotatable bonds is 5. The number of carbonyl (C=O) groups is 2. The summed E-state index contributed by atoms with van der Waals surface area (Å²) in [4.78, 5) is 25.6. The molecule has 0 spiro atoms. The standard InChI is InChI=1S/C17H25N3O2.ClH/c1-12(13(2)18)17(22)19-11-14-6-8-15(9-7-14)20-10-4-3-5-16(20)21;/h6-9,12-13H,3-5,10-11,18H2,1-2H3,(H,19,22);1H. The molecule has 1 saturated heterocycles. The number of piperidine rings is 1. The third-order valence-electron chi connectivity index (χ3n) is 4.24. The van der Waals surface area contributed by atoms with Gasteiger partial charge >= 0.3 is 0 Å². The maximum atomic E-state index is 11.9. The first-order valence-electron chi connectivity index (χ1n) is 7.91. The van der Waals surface area contributed by atoms with Crippen LogP contribution in [0, 0.1) is 5.92 Å². The lowest BCUT2D eigenvalue weighted by Crippen LogP contribution is -2.38. The number of nitrogens with zero attached hydrogens (tertiary/aromatic N) is 1. The van der Waals surface area contributed by atoms with E-state index < -0.39 is 0 Å². The smallest absolute Gasteiger partial charge is 0.226 e. The Morgan fingerprint density at radius 2 is 1.91 bits per heavy atom. The summed E-state index contributed by atoms with van der Waals surface area (Å²) < 4.78 is 0. The summed E-state index contributed by atoms with van der Waals surface area (Å²) in [6.45, 7) is 4.92. The van der Waals surface area contributed by atoms with Crippen LogP contribution < -0.4 is 16.0 Å². The SMILES string of the molecule is CC(N)C(C)C(=O)NCc1ccc(N2CCCCC2=O)cc1.Cl. The normalized spacial score (nSPS) is 17.2. The third-order valence-corrected chi connectivity index (χ3v) is 4.24. The van der Waals surface area contributed by atoms with Crippen LogP contribution in [0.2, 0.25) is 0 Å². The largest absolute Gasteiger partial charge is 0.352 e. The van der Waals surface area contributed by atoms with Crippen molar-refractivity contribution in [3.63, 3.8) is 0 Å². The van der Waals surface area contributed by atoms with Crippen LogP contribution in [-0.2, 0) is 16.1 Å². The Kier molecular flexibility index (Phi) is 7.52. The number of nitrogens with two attached hydrogens (primary N) is 1. The predicted octanol–water partition coefficient (Wildman–Crippen LogP) is 2.22. The number of carbonyl (C=O) groups excluding carboxylic acids is 2. The highest BCUT2D eigenvalue weighted by molar-refractivity contribution is 5.93. The van der Waals surface area contributed by atoms with Crippen molar-refractivity contribution in [3.05, 3.63) is 29.8 Å². The predicted molar refractivity (Wildman–Crippen MR) is 94.6 cm³/mol. The van der Waals surface area contributed by atoms with E-state index in [1.807, 2.05) is 43.0 Å². The van der Waals surface area contributed by atoms with Crippen LogP contribution >= 0.6 is 12.4 Å². The van der Waals surface area contributed by atoms with Gasteiger partial charge in [-0.05, 0) is 37.5 Å². The van der Waals surface area contributed by atoms with E-state index >= 15 is 0 Å². The molecule has 0 radical (unpaired) electrons. The average molecular weight is 340 g/mol. The Morgan fingerprint density at radius 3 is 2.48 bits per heavy atom. The molecule has 0 aromatic heterocycles. The first kappa shape index (κ1) is 19.5. The highest BCUT2D eigenvalue weighted by Gasteiger charge is 2.19. The lowest BCUT2D eigenvalue weighted by atomic mass is 10.0. The molecule has 2 atom stereocenters. The van der Waals surface area contributed by atoms with E-state index in [1.165, 1.54) is 0 Å². The fourth-order valence-electron chi connectivity index (χ4n) is 2.46. The topological polar surface area (TPSA) is 75.4 Å². The quantitative estimate of drug-likeness (QED) is 0.863. The number of nitrogens with one attached hydrogen (secondary N) is 1. The second kappa shape index (κ2) is 8.89. The van der Waals surface area contributed by atoms with Gasteiger partial charge in [-0.3, -0.25) is 9.59 Å². The van der Waals surface area contributed by atoms with Crippen molar-refractivity contribution in [1.82, 2.24) is 5.32 Å². The molecule has 2 rings (SSSR count). The summed E-state index contributed by atoms with van der Waals surface area (Å²) in [7, 11) is 0. The van der Waals surface area contributed by atoms with E-state index in [2.05, 4.69) is 5.32 Å². The molecule has 1 aliphatic heterocycles. The highest BCUT2D eigenvalue weighted by Crippen LogP contribution is 2.21. The zero-order valence-electron chi connectivity index (χ0n) is 13.7. The van der Waals surface area contributed by atoms with E-state index in [0.29, 0.717) is 13.0 Å². The number of halogens is 1. The Balaban J connectivity index is 0.00000264. The van der Waals surface area contributed by atoms with Crippen LogP contribution in [0.3, 0.4) is 0 Å². The van der Waals surface area contributed by atoms with Crippen LogP contribution in [0.15, 0.2) is 24.3 Å². The molecule has 1 heterocycles. The Labute approximate surface area is 144 Å². The number of hydrogen-bond acceptors (Lipinski definition) is 3. The fourth-order valence-corrected chi connectivity index (χ4v) is 2.46. The summed E-state index contributed by atoms with van der Waals surface area (Å²) in [6, 6.07) is 7.63. The Morgan fingerprint density at radius 1 is 1.26 bits per heavy atom. The van der Waals surface area contributed by atoms with Gasteiger partial charge in [0, 0.05) is 37.2 Å². The van der Waals surface area contributed by atoms with Gasteiger partial charge in [0.1, 0.15) is 0 Å². The molecule has 1 aromatic carbocycles. The van der Waals surface area contributed by atoms with Crippen molar-refractivity contribution in [3.8, 4) is 0 Å². The molecular weight excluding hydrogens is 314 g/mol. The molecule has 128 valence electrons. The average Bonchev–Trinajstić information content (AvgIpc) is 2.53. The van der Waals surface area contributed by atoms with Crippen molar-refractivity contribution < 1.29 is 9.59 Å². The van der Waals surface area contributed by atoms with Gasteiger partial charge in [-0.1, -0.05) is 19.1 Å². The van der Waals surface area contributed by atoms with E-state index in [4.69, 9.17) is 5.73 Å². The molecule has 2 unspecified atom stereocenters. The number of benzene rings is 1. The highest BCUT2D eigenvalue weighted by atomic mass is 35.5. The van der Waals surface area contributed by atoms with Gasteiger partial charge in [0.25, 0.3) is 0 Å². The maximum absolute atomic E-state index is 11.9. The van der Waals surface area contributed by atoms with Gasteiger partial charge in [0.2, 0.25) is 11.8 Å². The summed E-state index contributed by atoms with van der Waals surface area (Å²) in [5.41, 5.74) is 7.67. The van der Waals surface area contributed by atoms with Gasteiger partial charge in [-0.25, -0.2) is 0 Å². The molecule has 0 bridgehead atoms. The molecule has 1 fully saturated rings. The van der Waals surface area contributed by atoms with E-state index in [0.717, 1.165) is 30.6 Å². The Hall–Kier alpha value is -1.59. The van der Waals surface area contributed by atoms with E-state index in [-0.39, 0.29) is 36.2 Å². The second-order valence-corrected chi connectivity index (χ2v) is 6.03. The van der Waals surface area contributed by atoms with Crippen molar-refractivity contribution in [1.29, 1.82) is 0 Å². The van der Waals surface area contributed by atoms with Gasteiger partial charge in [0.05, 0.1) is 0 Å². The van der Waals surface area contributed by atoms with Crippen molar-refractivity contribution >= 4 is 29.9 Å². The molecule has 6 heteroatoms. The van der Waals surface area contributed by atoms with Crippen LogP contribution in [0.1, 0.15) is 38.7 Å². The minimum atomic E-state index is -0.203. The van der Waals surface area contributed by atoms with Crippen LogP contribution in [0.5, 0.6) is 0 Å².